The minimum absolute atomic E-state index is 0.144. The summed E-state index contributed by atoms with van der Waals surface area (Å²) in [6, 6.07) is 0.172. The van der Waals surface area contributed by atoms with Gasteiger partial charge < -0.3 is 15.4 Å². The van der Waals surface area contributed by atoms with Gasteiger partial charge in [-0.25, -0.2) is 0 Å². The molecule has 0 aromatic heterocycles. The second-order valence-electron chi connectivity index (χ2n) is 3.83. The van der Waals surface area contributed by atoms with Gasteiger partial charge >= 0.3 is 0 Å². The molecule has 1 amide bonds. The number of nitrogens with zero attached hydrogens (tertiary/aromatic N) is 1. The minimum Gasteiger partial charge on any atom is -0.368 e. The van der Waals surface area contributed by atoms with E-state index >= 15 is 0 Å². The lowest BCUT2D eigenvalue weighted by molar-refractivity contribution is -0.139. The molecule has 0 aromatic carbocycles. The maximum absolute atomic E-state index is 11.7. The zero-order chi connectivity index (χ0) is 9.26. The van der Waals surface area contributed by atoms with Gasteiger partial charge in [0.2, 0.25) is 0 Å². The molecule has 2 N–H and O–H groups in total. The van der Waals surface area contributed by atoms with E-state index < -0.39 is 0 Å². The summed E-state index contributed by atoms with van der Waals surface area (Å²) in [5.74, 6) is 0.144. The van der Waals surface area contributed by atoms with Crippen LogP contribution >= 0.6 is 0 Å². The number of amides is 1. The number of hydrogen-bond donors (Lipinski definition) is 1. The highest BCUT2D eigenvalue weighted by atomic mass is 16.5. The smallest absolute Gasteiger partial charge is 0.251 e. The highest BCUT2D eigenvalue weighted by Gasteiger charge is 2.31. The van der Waals surface area contributed by atoms with Crippen molar-refractivity contribution in [2.75, 3.05) is 19.7 Å². The topological polar surface area (TPSA) is 55.6 Å². The van der Waals surface area contributed by atoms with Gasteiger partial charge in [0.1, 0.15) is 6.10 Å². The molecule has 2 saturated heterocycles. The first-order chi connectivity index (χ1) is 6.27. The summed E-state index contributed by atoms with van der Waals surface area (Å²) in [6.07, 6.45) is 2.64. The highest BCUT2D eigenvalue weighted by Crippen LogP contribution is 2.17. The summed E-state index contributed by atoms with van der Waals surface area (Å²) in [6.45, 7) is 2.24. The van der Waals surface area contributed by atoms with Crippen molar-refractivity contribution >= 4 is 5.91 Å². The van der Waals surface area contributed by atoms with Gasteiger partial charge in [0.15, 0.2) is 0 Å². The Morgan fingerprint density at radius 2 is 2.31 bits per heavy atom. The van der Waals surface area contributed by atoms with E-state index in [0.717, 1.165) is 32.4 Å². The third-order valence-corrected chi connectivity index (χ3v) is 2.74. The normalized spacial score (nSPS) is 34.1. The minimum atomic E-state index is -0.176. The molecule has 2 atom stereocenters. The van der Waals surface area contributed by atoms with Gasteiger partial charge in [-0.3, -0.25) is 4.79 Å². The predicted molar refractivity (Wildman–Crippen MR) is 48.1 cm³/mol. The van der Waals surface area contributed by atoms with E-state index in [0.29, 0.717) is 6.54 Å². The summed E-state index contributed by atoms with van der Waals surface area (Å²) >= 11 is 0. The molecule has 1 unspecified atom stereocenters. The number of likely N-dealkylation sites (tertiary alicyclic amines) is 1. The third-order valence-electron chi connectivity index (χ3n) is 2.74. The summed E-state index contributed by atoms with van der Waals surface area (Å²) in [7, 11) is 0. The lowest BCUT2D eigenvalue weighted by atomic mass is 10.2. The SMILES string of the molecule is N[C@H]1CCN(C(=O)C2CCCO2)C1. The van der Waals surface area contributed by atoms with Crippen molar-refractivity contribution in [1.82, 2.24) is 4.90 Å². The number of ether oxygens (including phenoxy) is 1. The maximum Gasteiger partial charge on any atom is 0.251 e. The standard InChI is InChI=1S/C9H16N2O2/c10-7-3-4-11(6-7)9(12)8-2-1-5-13-8/h7-8H,1-6,10H2/t7-,8?/m0/s1. The molecule has 4 heteroatoms. The summed E-state index contributed by atoms with van der Waals surface area (Å²) in [5.41, 5.74) is 5.73. The van der Waals surface area contributed by atoms with Crippen molar-refractivity contribution in [1.29, 1.82) is 0 Å². The van der Waals surface area contributed by atoms with Crippen LogP contribution in [0.25, 0.3) is 0 Å². The van der Waals surface area contributed by atoms with Crippen LogP contribution in [-0.2, 0) is 9.53 Å². The molecule has 2 fully saturated rings. The fourth-order valence-corrected chi connectivity index (χ4v) is 1.96. The van der Waals surface area contributed by atoms with E-state index in [1.54, 1.807) is 0 Å². The number of nitrogens with two attached hydrogens (primary N) is 1. The molecule has 2 heterocycles. The van der Waals surface area contributed by atoms with Crippen molar-refractivity contribution < 1.29 is 9.53 Å². The molecule has 0 radical (unpaired) electrons. The molecule has 0 bridgehead atoms. The summed E-state index contributed by atoms with van der Waals surface area (Å²) in [5, 5.41) is 0. The van der Waals surface area contributed by atoms with E-state index in [1.165, 1.54) is 0 Å². The number of hydrogen-bond acceptors (Lipinski definition) is 3. The van der Waals surface area contributed by atoms with E-state index in [1.807, 2.05) is 4.90 Å². The monoisotopic (exact) mass is 184 g/mol. The van der Waals surface area contributed by atoms with Crippen LogP contribution < -0.4 is 5.73 Å². The fraction of sp³-hybridized carbons (Fsp3) is 0.889. The molecule has 2 aliphatic heterocycles. The number of carbonyl (C=O) groups excluding carboxylic acids is 1. The molecule has 4 nitrogen and oxygen atoms in total. The molecule has 0 aliphatic carbocycles. The van der Waals surface area contributed by atoms with E-state index in [4.69, 9.17) is 10.5 Å². The first-order valence-electron chi connectivity index (χ1n) is 4.93. The van der Waals surface area contributed by atoms with E-state index in [9.17, 15) is 4.79 Å². The fourth-order valence-electron chi connectivity index (χ4n) is 1.96. The van der Waals surface area contributed by atoms with E-state index in [-0.39, 0.29) is 18.1 Å². The maximum atomic E-state index is 11.7. The van der Waals surface area contributed by atoms with Crippen LogP contribution in [0.15, 0.2) is 0 Å². The van der Waals surface area contributed by atoms with Crippen molar-refractivity contribution in [3.05, 3.63) is 0 Å². The Kier molecular flexibility index (Phi) is 2.51. The molecule has 2 aliphatic rings. The Labute approximate surface area is 78.0 Å². The molecule has 0 saturated carbocycles. The molecular weight excluding hydrogens is 168 g/mol. The average Bonchev–Trinajstić information content (AvgIpc) is 2.72. The van der Waals surface area contributed by atoms with Gasteiger partial charge in [0.25, 0.3) is 5.91 Å². The number of carbonyl (C=O) groups is 1. The number of rotatable bonds is 1. The van der Waals surface area contributed by atoms with Gasteiger partial charge in [0.05, 0.1) is 0 Å². The van der Waals surface area contributed by atoms with Crippen molar-refractivity contribution in [3.8, 4) is 0 Å². The van der Waals surface area contributed by atoms with Gasteiger partial charge in [-0.15, -0.1) is 0 Å². The highest BCUT2D eigenvalue weighted by molar-refractivity contribution is 5.81. The van der Waals surface area contributed by atoms with Gasteiger partial charge in [-0.05, 0) is 19.3 Å². The quantitative estimate of drug-likeness (QED) is 0.610. The van der Waals surface area contributed by atoms with Crippen LogP contribution in [0, 0.1) is 0 Å². The van der Waals surface area contributed by atoms with Crippen LogP contribution in [0.4, 0.5) is 0 Å². The first-order valence-corrected chi connectivity index (χ1v) is 4.93. The van der Waals surface area contributed by atoms with Crippen molar-refractivity contribution in [3.63, 3.8) is 0 Å². The zero-order valence-electron chi connectivity index (χ0n) is 7.74. The first kappa shape index (κ1) is 8.97. The lowest BCUT2D eigenvalue weighted by Gasteiger charge is -2.19. The molecular formula is C9H16N2O2. The molecule has 0 aromatic rings. The van der Waals surface area contributed by atoms with Crippen LogP contribution in [0.1, 0.15) is 19.3 Å². The Balaban J connectivity index is 1.89. The third kappa shape index (κ3) is 1.84. The summed E-state index contributed by atoms with van der Waals surface area (Å²) in [4.78, 5) is 13.6. The average molecular weight is 184 g/mol. The van der Waals surface area contributed by atoms with Gasteiger partial charge in [-0.1, -0.05) is 0 Å². The molecule has 74 valence electrons. The van der Waals surface area contributed by atoms with Crippen LogP contribution in [0.3, 0.4) is 0 Å². The van der Waals surface area contributed by atoms with E-state index in [2.05, 4.69) is 0 Å². The molecule has 2 rings (SSSR count). The van der Waals surface area contributed by atoms with Crippen LogP contribution in [0.2, 0.25) is 0 Å². The predicted octanol–water partition coefficient (Wildman–Crippen LogP) is -0.275. The zero-order valence-corrected chi connectivity index (χ0v) is 7.74. The van der Waals surface area contributed by atoms with Crippen molar-refractivity contribution in [2.45, 2.75) is 31.4 Å². The molecule has 13 heavy (non-hydrogen) atoms. The lowest BCUT2D eigenvalue weighted by Crippen LogP contribution is -2.38. The molecule has 0 spiro atoms. The second-order valence-corrected chi connectivity index (χ2v) is 3.83. The Hall–Kier alpha value is -0.610. The summed E-state index contributed by atoms with van der Waals surface area (Å²) < 4.78 is 5.33. The Morgan fingerprint density at radius 3 is 2.85 bits per heavy atom. The second kappa shape index (κ2) is 3.64. The van der Waals surface area contributed by atoms with Gasteiger partial charge in [0, 0.05) is 25.7 Å². The largest absolute Gasteiger partial charge is 0.368 e. The Morgan fingerprint density at radius 1 is 1.46 bits per heavy atom. The van der Waals surface area contributed by atoms with Crippen LogP contribution in [0.5, 0.6) is 0 Å². The Bertz CT molecular complexity index is 202. The van der Waals surface area contributed by atoms with Crippen LogP contribution in [-0.4, -0.2) is 42.6 Å². The van der Waals surface area contributed by atoms with Crippen molar-refractivity contribution in [2.24, 2.45) is 5.73 Å². The van der Waals surface area contributed by atoms with Gasteiger partial charge in [-0.2, -0.15) is 0 Å².